The van der Waals surface area contributed by atoms with E-state index < -0.39 is 97.5 Å². The first-order chi connectivity index (χ1) is 53.8. The molecule has 4 unspecified atom stereocenters. The zero-order valence-electron chi connectivity index (χ0n) is 73.4. The summed E-state index contributed by atoms with van der Waals surface area (Å²) in [6, 6.07) is 0. The number of aliphatic hydroxyl groups is 1. The van der Waals surface area contributed by atoms with E-state index in [0.29, 0.717) is 25.7 Å². The number of hydrogen-bond acceptors (Lipinski definition) is 15. The number of carbonyl (C=O) groups excluding carboxylic acids is 4. The number of esters is 4. The Bertz CT molecular complexity index is 2130. The molecule has 0 saturated heterocycles. The molecule has 0 aromatic rings. The van der Waals surface area contributed by atoms with Gasteiger partial charge in [0, 0.05) is 25.7 Å². The number of unbranched alkanes of at least 4 members (excludes halogenated alkanes) is 56. The Morgan fingerprint density at radius 3 is 0.685 bits per heavy atom. The molecule has 0 aliphatic rings. The van der Waals surface area contributed by atoms with Crippen LogP contribution in [0.4, 0.5) is 0 Å². The van der Waals surface area contributed by atoms with Crippen LogP contribution in [-0.4, -0.2) is 96.7 Å². The molecule has 0 aliphatic heterocycles. The van der Waals surface area contributed by atoms with E-state index in [2.05, 4.69) is 48.5 Å². The second-order valence-corrected chi connectivity index (χ2v) is 36.9. The lowest BCUT2D eigenvalue weighted by Gasteiger charge is -2.21. The zero-order valence-corrected chi connectivity index (χ0v) is 75.2. The SMILES string of the molecule is CCCCCCCCCCCCCCCCCC(=O)O[C@H](COC(=O)CCCCCCCCCCCC(C)C)COP(=O)(O)OC[C@H](O)COP(=O)(O)OC[C@@H](COC(=O)CCCCCCCCCCCCCCCCCCCCC(C)CC)OC(=O)CCCCCCCCCCCCCCCCCCCCC(C)CC. The van der Waals surface area contributed by atoms with Crippen molar-refractivity contribution >= 4 is 39.5 Å². The second-order valence-electron chi connectivity index (χ2n) is 34.0. The summed E-state index contributed by atoms with van der Waals surface area (Å²) >= 11 is 0. The van der Waals surface area contributed by atoms with Crippen molar-refractivity contribution in [3.05, 3.63) is 0 Å². The first-order valence-corrected chi connectivity index (χ1v) is 50.4. The molecule has 0 heterocycles. The number of rotatable bonds is 90. The predicted octanol–water partition coefficient (Wildman–Crippen LogP) is 28.4. The third-order valence-electron chi connectivity index (χ3n) is 22.4. The molecule has 0 amide bonds. The van der Waals surface area contributed by atoms with Gasteiger partial charge in [0.05, 0.1) is 26.4 Å². The van der Waals surface area contributed by atoms with E-state index in [0.717, 1.165) is 108 Å². The maximum absolute atomic E-state index is 13.2. The minimum atomic E-state index is -4.97. The maximum Gasteiger partial charge on any atom is 0.472 e. The highest BCUT2D eigenvalue weighted by atomic mass is 31.2. The summed E-state index contributed by atoms with van der Waals surface area (Å²) in [7, 11) is -9.94. The number of phosphoric ester groups is 2. The molecule has 0 aliphatic carbocycles. The molecule has 0 spiro atoms. The molecule has 0 aromatic heterocycles. The van der Waals surface area contributed by atoms with Crippen molar-refractivity contribution < 1.29 is 80.2 Å². The largest absolute Gasteiger partial charge is 0.472 e. The molecular formula is C92H180O17P2. The van der Waals surface area contributed by atoms with Gasteiger partial charge in [0.25, 0.3) is 0 Å². The molecule has 0 saturated carbocycles. The van der Waals surface area contributed by atoms with E-state index in [9.17, 15) is 43.2 Å². The van der Waals surface area contributed by atoms with Crippen molar-refractivity contribution in [2.75, 3.05) is 39.6 Å². The fourth-order valence-electron chi connectivity index (χ4n) is 14.4. The number of aliphatic hydroxyl groups excluding tert-OH is 1. The Kier molecular flexibility index (Phi) is 80.4. The predicted molar refractivity (Wildman–Crippen MR) is 460 cm³/mol. The van der Waals surface area contributed by atoms with Crippen molar-refractivity contribution in [1.82, 2.24) is 0 Å². The Balaban J connectivity index is 5.24. The Hall–Kier alpha value is -1.94. The van der Waals surface area contributed by atoms with Crippen molar-refractivity contribution in [2.45, 2.75) is 510 Å². The Labute approximate surface area is 683 Å². The van der Waals surface area contributed by atoms with E-state index in [-0.39, 0.29) is 25.7 Å². The number of carbonyl (C=O) groups is 4. The highest BCUT2D eigenvalue weighted by Gasteiger charge is 2.31. The molecule has 660 valence electrons. The fraction of sp³-hybridized carbons (Fsp3) is 0.957. The quantitative estimate of drug-likeness (QED) is 0.0222. The molecule has 0 aromatic carbocycles. The van der Waals surface area contributed by atoms with Crippen LogP contribution in [0.3, 0.4) is 0 Å². The summed E-state index contributed by atoms with van der Waals surface area (Å²) in [5.74, 6) is 0.392. The van der Waals surface area contributed by atoms with Gasteiger partial charge in [0.15, 0.2) is 12.2 Å². The summed E-state index contributed by atoms with van der Waals surface area (Å²) in [4.78, 5) is 73.4. The monoisotopic (exact) mass is 1620 g/mol. The van der Waals surface area contributed by atoms with Crippen molar-refractivity contribution in [3.63, 3.8) is 0 Å². The normalized spacial score (nSPS) is 14.3. The van der Waals surface area contributed by atoms with Gasteiger partial charge in [0.2, 0.25) is 0 Å². The van der Waals surface area contributed by atoms with E-state index in [1.54, 1.807) is 0 Å². The summed E-state index contributed by atoms with van der Waals surface area (Å²) in [6.07, 6.45) is 75.0. The van der Waals surface area contributed by atoms with Crippen LogP contribution < -0.4 is 0 Å². The van der Waals surface area contributed by atoms with Gasteiger partial charge in [-0.2, -0.15) is 0 Å². The lowest BCUT2D eigenvalue weighted by Crippen LogP contribution is -2.30. The highest BCUT2D eigenvalue weighted by Crippen LogP contribution is 2.45. The van der Waals surface area contributed by atoms with Gasteiger partial charge in [-0.3, -0.25) is 37.3 Å². The third-order valence-corrected chi connectivity index (χ3v) is 24.3. The summed E-state index contributed by atoms with van der Waals surface area (Å²) in [5, 5.41) is 10.7. The van der Waals surface area contributed by atoms with Crippen LogP contribution in [0.15, 0.2) is 0 Å². The molecule has 17 nitrogen and oxygen atoms in total. The minimum absolute atomic E-state index is 0.108. The van der Waals surface area contributed by atoms with Crippen LogP contribution in [0, 0.1) is 17.8 Å². The first-order valence-electron chi connectivity index (χ1n) is 47.4. The molecule has 19 heteroatoms. The molecule has 7 atom stereocenters. The zero-order chi connectivity index (χ0) is 81.5. The van der Waals surface area contributed by atoms with Gasteiger partial charge in [-0.1, -0.05) is 440 Å². The van der Waals surface area contributed by atoms with E-state index in [1.807, 2.05) is 0 Å². The van der Waals surface area contributed by atoms with E-state index >= 15 is 0 Å². The average molecular weight is 1620 g/mol. The molecule has 111 heavy (non-hydrogen) atoms. The molecule has 3 N–H and O–H groups in total. The molecule has 0 radical (unpaired) electrons. The Morgan fingerprint density at radius 2 is 0.459 bits per heavy atom. The number of ether oxygens (including phenoxy) is 4. The van der Waals surface area contributed by atoms with E-state index in [1.165, 1.54) is 302 Å². The summed E-state index contributed by atoms with van der Waals surface area (Å²) in [5.41, 5.74) is 0. The van der Waals surface area contributed by atoms with Crippen molar-refractivity contribution in [3.8, 4) is 0 Å². The smallest absolute Gasteiger partial charge is 0.462 e. The first kappa shape index (κ1) is 109. The molecule has 0 rings (SSSR count). The van der Waals surface area contributed by atoms with Crippen LogP contribution in [0.25, 0.3) is 0 Å². The summed E-state index contributed by atoms with van der Waals surface area (Å²) in [6.45, 7) is 12.1. The van der Waals surface area contributed by atoms with Crippen molar-refractivity contribution in [2.24, 2.45) is 17.8 Å². The molecule has 0 bridgehead atoms. The second kappa shape index (κ2) is 81.8. The molecular weight excluding hydrogens is 1440 g/mol. The van der Waals surface area contributed by atoms with Gasteiger partial charge in [-0.25, -0.2) is 9.13 Å². The van der Waals surface area contributed by atoms with Crippen LogP contribution in [0.1, 0.15) is 492 Å². The topological polar surface area (TPSA) is 237 Å². The maximum atomic E-state index is 13.2. The van der Waals surface area contributed by atoms with Crippen LogP contribution in [-0.2, 0) is 65.4 Å². The van der Waals surface area contributed by atoms with Gasteiger partial charge in [-0.05, 0) is 43.4 Å². The molecule has 0 fully saturated rings. The fourth-order valence-corrected chi connectivity index (χ4v) is 15.9. The van der Waals surface area contributed by atoms with Crippen LogP contribution in [0.5, 0.6) is 0 Å². The Morgan fingerprint density at radius 1 is 0.261 bits per heavy atom. The lowest BCUT2D eigenvalue weighted by atomic mass is 9.99. The van der Waals surface area contributed by atoms with Crippen LogP contribution in [0.2, 0.25) is 0 Å². The standard InChI is InChI=1S/C92H180O17P2/c1-8-11-12-13-14-15-16-17-26-34-39-46-54-61-68-75-91(96)109-88(80-103-90(95)74-67-60-53-48-41-42-49-56-63-70-83(4)5)82-107-111(100,101)105-78-86(93)77-104-110(98,99)106-81-87(108-92(97)76-69-62-55-47-40-35-30-25-21-19-23-28-32-37-44-51-58-65-72-85(7)10-3)79-102-89(94)73-66-59-52-45-38-33-29-24-20-18-22-27-31-36-43-50-57-64-71-84(6)9-2/h83-88,93H,8-82H2,1-7H3,(H,98,99)(H,100,101)/t84?,85?,86-,87-,88-/m1/s1. The minimum Gasteiger partial charge on any atom is -0.462 e. The number of hydrogen-bond donors (Lipinski definition) is 3. The highest BCUT2D eigenvalue weighted by molar-refractivity contribution is 7.47. The van der Waals surface area contributed by atoms with Gasteiger partial charge < -0.3 is 33.8 Å². The third kappa shape index (κ3) is 82.9. The van der Waals surface area contributed by atoms with Gasteiger partial charge in [0.1, 0.15) is 19.3 Å². The lowest BCUT2D eigenvalue weighted by molar-refractivity contribution is -0.161. The van der Waals surface area contributed by atoms with Crippen LogP contribution >= 0.6 is 15.6 Å². The van der Waals surface area contributed by atoms with E-state index in [4.69, 9.17) is 37.0 Å². The number of phosphoric acid groups is 2. The summed E-state index contributed by atoms with van der Waals surface area (Å²) < 4.78 is 69.1. The van der Waals surface area contributed by atoms with Crippen molar-refractivity contribution in [1.29, 1.82) is 0 Å². The van der Waals surface area contributed by atoms with Gasteiger partial charge in [-0.15, -0.1) is 0 Å². The van der Waals surface area contributed by atoms with Gasteiger partial charge >= 0.3 is 39.5 Å². The average Bonchev–Trinajstić information content (AvgIpc) is 0.905.